The molecule has 0 amide bonds. The number of aliphatic hydroxyl groups is 1. The highest BCUT2D eigenvalue weighted by Crippen LogP contribution is 1.94. The molecule has 0 heterocycles. The Balaban J connectivity index is 3.62. The van der Waals surface area contributed by atoms with E-state index in [4.69, 9.17) is 5.11 Å². The van der Waals surface area contributed by atoms with E-state index in [2.05, 4.69) is 31.1 Å². The molecule has 0 aromatic heterocycles. The van der Waals surface area contributed by atoms with E-state index in [1.165, 1.54) is 0 Å². The van der Waals surface area contributed by atoms with Gasteiger partial charge in [-0.3, -0.25) is 0 Å². The average molecular weight is 160 g/mol. The summed E-state index contributed by atoms with van der Waals surface area (Å²) in [6, 6.07) is 0.736. The molecule has 0 aliphatic rings. The fourth-order valence-corrected chi connectivity index (χ4v) is 0.799. The van der Waals surface area contributed by atoms with Gasteiger partial charge in [-0.1, -0.05) is 0 Å². The summed E-state index contributed by atoms with van der Waals surface area (Å²) in [4.78, 5) is 2.21. The molecule has 0 rings (SSSR count). The molecule has 0 saturated carbocycles. The van der Waals surface area contributed by atoms with Gasteiger partial charge < -0.3 is 15.3 Å². The topological polar surface area (TPSA) is 35.5 Å². The van der Waals surface area contributed by atoms with E-state index >= 15 is 0 Å². The van der Waals surface area contributed by atoms with Crippen molar-refractivity contribution in [3.8, 4) is 0 Å². The van der Waals surface area contributed by atoms with Gasteiger partial charge in [0.15, 0.2) is 0 Å². The molecule has 0 aromatic rings. The van der Waals surface area contributed by atoms with Gasteiger partial charge in [0.05, 0.1) is 6.61 Å². The molecule has 11 heavy (non-hydrogen) atoms. The first-order chi connectivity index (χ1) is 5.11. The smallest absolute Gasteiger partial charge is 0.0597 e. The molecule has 0 unspecified atom stereocenters. The second-order valence-corrected chi connectivity index (χ2v) is 3.20. The van der Waals surface area contributed by atoms with Crippen LogP contribution in [0.2, 0.25) is 0 Å². The van der Waals surface area contributed by atoms with Crippen molar-refractivity contribution < 1.29 is 5.11 Å². The lowest BCUT2D eigenvalue weighted by Crippen LogP contribution is -2.42. The lowest BCUT2D eigenvalue weighted by molar-refractivity contribution is 0.185. The minimum Gasteiger partial charge on any atom is -0.395 e. The molecule has 0 aliphatic heterocycles. The Bertz CT molecular complexity index is 92.1. The molecular formula is C8H20N2O. The summed E-state index contributed by atoms with van der Waals surface area (Å²) >= 11 is 0. The van der Waals surface area contributed by atoms with Gasteiger partial charge in [0.1, 0.15) is 0 Å². The van der Waals surface area contributed by atoms with Gasteiger partial charge in [-0.15, -0.1) is 0 Å². The summed E-state index contributed by atoms with van der Waals surface area (Å²) in [5.41, 5.74) is 0. The predicted molar refractivity (Wildman–Crippen MR) is 47.7 cm³/mol. The third kappa shape index (κ3) is 4.35. The molecule has 0 aliphatic carbocycles. The van der Waals surface area contributed by atoms with Crippen molar-refractivity contribution in [1.29, 1.82) is 0 Å². The Hall–Kier alpha value is -0.120. The van der Waals surface area contributed by atoms with Gasteiger partial charge in [-0.25, -0.2) is 0 Å². The second kappa shape index (κ2) is 5.52. The molecule has 68 valence electrons. The summed E-state index contributed by atoms with van der Waals surface area (Å²) in [7, 11) is 3.93. The number of nitrogens with zero attached hydrogens (tertiary/aromatic N) is 1. The second-order valence-electron chi connectivity index (χ2n) is 3.20. The number of aliphatic hydroxyl groups excluding tert-OH is 1. The summed E-state index contributed by atoms with van der Waals surface area (Å²) in [5, 5.41) is 11.9. The highest BCUT2D eigenvalue weighted by atomic mass is 16.3. The van der Waals surface area contributed by atoms with Gasteiger partial charge in [0, 0.05) is 18.6 Å². The molecule has 0 spiro atoms. The fourth-order valence-electron chi connectivity index (χ4n) is 0.799. The van der Waals surface area contributed by atoms with Crippen molar-refractivity contribution >= 4 is 0 Å². The number of hydrogen-bond acceptors (Lipinski definition) is 3. The Morgan fingerprint density at radius 3 is 2.27 bits per heavy atom. The SMILES string of the molecule is CN[C@H](CO)CN(C)C(C)C. The fraction of sp³-hybridized carbons (Fsp3) is 1.00. The zero-order valence-corrected chi connectivity index (χ0v) is 7.96. The molecule has 3 nitrogen and oxygen atoms in total. The van der Waals surface area contributed by atoms with Crippen LogP contribution in [0.15, 0.2) is 0 Å². The summed E-state index contributed by atoms with van der Waals surface area (Å²) in [6.07, 6.45) is 0. The quantitative estimate of drug-likeness (QED) is 0.590. The Morgan fingerprint density at radius 1 is 1.45 bits per heavy atom. The van der Waals surface area contributed by atoms with Crippen LogP contribution in [0.25, 0.3) is 0 Å². The molecular weight excluding hydrogens is 140 g/mol. The molecule has 1 atom stereocenters. The lowest BCUT2D eigenvalue weighted by atomic mass is 10.2. The molecule has 0 aromatic carbocycles. The van der Waals surface area contributed by atoms with Crippen LogP contribution in [0.5, 0.6) is 0 Å². The van der Waals surface area contributed by atoms with E-state index < -0.39 is 0 Å². The van der Waals surface area contributed by atoms with E-state index in [0.717, 1.165) is 6.54 Å². The first-order valence-corrected chi connectivity index (χ1v) is 4.10. The van der Waals surface area contributed by atoms with E-state index in [0.29, 0.717) is 6.04 Å². The average Bonchev–Trinajstić information content (AvgIpc) is 1.99. The number of likely N-dealkylation sites (N-methyl/N-ethyl adjacent to an activating group) is 2. The minimum atomic E-state index is 0.197. The molecule has 3 heteroatoms. The van der Waals surface area contributed by atoms with Crippen LogP contribution >= 0.6 is 0 Å². The highest BCUT2D eigenvalue weighted by Gasteiger charge is 2.09. The molecule has 0 saturated heterocycles. The van der Waals surface area contributed by atoms with Crippen LogP contribution in [0.3, 0.4) is 0 Å². The summed E-state index contributed by atoms with van der Waals surface area (Å²) < 4.78 is 0. The maximum atomic E-state index is 8.87. The lowest BCUT2D eigenvalue weighted by Gasteiger charge is -2.25. The van der Waals surface area contributed by atoms with Crippen molar-refractivity contribution in [3.63, 3.8) is 0 Å². The van der Waals surface area contributed by atoms with Crippen LogP contribution < -0.4 is 5.32 Å². The number of hydrogen-bond donors (Lipinski definition) is 2. The number of rotatable bonds is 5. The van der Waals surface area contributed by atoms with Crippen LogP contribution in [0.4, 0.5) is 0 Å². The van der Waals surface area contributed by atoms with Crippen LogP contribution in [-0.4, -0.2) is 49.3 Å². The van der Waals surface area contributed by atoms with E-state index in [9.17, 15) is 0 Å². The minimum absolute atomic E-state index is 0.197. The van der Waals surface area contributed by atoms with Crippen LogP contribution in [-0.2, 0) is 0 Å². The first kappa shape index (κ1) is 10.9. The van der Waals surface area contributed by atoms with Crippen molar-refractivity contribution in [3.05, 3.63) is 0 Å². The molecule has 0 fully saturated rings. The molecule has 2 N–H and O–H groups in total. The Kier molecular flexibility index (Phi) is 5.46. The van der Waals surface area contributed by atoms with Crippen molar-refractivity contribution in [2.75, 3.05) is 27.2 Å². The first-order valence-electron chi connectivity index (χ1n) is 4.10. The van der Waals surface area contributed by atoms with Gasteiger partial charge >= 0.3 is 0 Å². The Labute approximate surface area is 69.4 Å². The highest BCUT2D eigenvalue weighted by molar-refractivity contribution is 4.68. The van der Waals surface area contributed by atoms with Crippen molar-refractivity contribution in [2.45, 2.75) is 25.9 Å². The maximum absolute atomic E-state index is 8.87. The zero-order valence-electron chi connectivity index (χ0n) is 7.96. The van der Waals surface area contributed by atoms with Crippen LogP contribution in [0.1, 0.15) is 13.8 Å². The Morgan fingerprint density at radius 2 is 2.00 bits per heavy atom. The van der Waals surface area contributed by atoms with Crippen molar-refractivity contribution in [2.24, 2.45) is 0 Å². The standard InChI is InChI=1S/C8H20N2O/c1-7(2)10(4)5-8(6-11)9-3/h7-9,11H,5-6H2,1-4H3/t8-/m0/s1. The van der Waals surface area contributed by atoms with Crippen LogP contribution in [0, 0.1) is 0 Å². The van der Waals surface area contributed by atoms with Crippen molar-refractivity contribution in [1.82, 2.24) is 10.2 Å². The van der Waals surface area contributed by atoms with Gasteiger partial charge in [0.2, 0.25) is 0 Å². The summed E-state index contributed by atoms with van der Waals surface area (Å²) in [6.45, 7) is 5.38. The van der Waals surface area contributed by atoms with E-state index in [1.54, 1.807) is 0 Å². The largest absolute Gasteiger partial charge is 0.395 e. The molecule has 0 radical (unpaired) electrons. The predicted octanol–water partition coefficient (Wildman–Crippen LogP) is -0.0931. The zero-order chi connectivity index (χ0) is 8.85. The van der Waals surface area contributed by atoms with E-state index in [-0.39, 0.29) is 12.6 Å². The third-order valence-electron chi connectivity index (χ3n) is 2.02. The van der Waals surface area contributed by atoms with E-state index in [1.807, 2.05) is 7.05 Å². The normalized spacial score (nSPS) is 14.5. The summed E-state index contributed by atoms with van der Waals surface area (Å²) in [5.74, 6) is 0. The van der Waals surface area contributed by atoms with Gasteiger partial charge in [-0.05, 0) is 27.9 Å². The van der Waals surface area contributed by atoms with Gasteiger partial charge in [-0.2, -0.15) is 0 Å². The third-order valence-corrected chi connectivity index (χ3v) is 2.02. The maximum Gasteiger partial charge on any atom is 0.0597 e. The number of nitrogens with one attached hydrogen (secondary N) is 1. The monoisotopic (exact) mass is 160 g/mol. The van der Waals surface area contributed by atoms with Gasteiger partial charge in [0.25, 0.3) is 0 Å². The molecule has 0 bridgehead atoms.